The summed E-state index contributed by atoms with van der Waals surface area (Å²) in [5, 5.41) is 4.88. The smallest absolute Gasteiger partial charge is 0.332 e. The average molecular weight is 422 g/mol. The fraction of sp³-hybridized carbons (Fsp3) is 0.316. The van der Waals surface area contributed by atoms with Crippen LogP contribution in [-0.2, 0) is 22.6 Å². The van der Waals surface area contributed by atoms with Gasteiger partial charge in [0.15, 0.2) is 0 Å². The molecule has 2 heterocycles. The van der Waals surface area contributed by atoms with Gasteiger partial charge in [0.1, 0.15) is 11.2 Å². The number of methoxy groups -OCH3 is 1. The summed E-state index contributed by atoms with van der Waals surface area (Å²) in [6, 6.07) is 6.97. The predicted molar refractivity (Wildman–Crippen MR) is 112 cm³/mol. The summed E-state index contributed by atoms with van der Waals surface area (Å²) in [7, 11) is 1.56. The maximum atomic E-state index is 12.9. The van der Waals surface area contributed by atoms with Crippen molar-refractivity contribution in [2.75, 3.05) is 19.0 Å². The molecule has 2 aromatic heterocycles. The molecule has 1 aromatic carbocycles. The van der Waals surface area contributed by atoms with Crippen molar-refractivity contribution in [3.63, 3.8) is 0 Å². The number of amides is 1. The molecule has 1 amide bonds. The molecule has 3 rings (SSSR count). The van der Waals surface area contributed by atoms with Gasteiger partial charge in [0.05, 0.1) is 16.2 Å². The number of halogens is 1. The monoisotopic (exact) mass is 421 g/mol. The van der Waals surface area contributed by atoms with E-state index < -0.39 is 11.6 Å². The molecular weight excluding hydrogens is 402 g/mol. The molecule has 0 unspecified atom stereocenters. The predicted octanol–water partition coefficient (Wildman–Crippen LogP) is 2.86. The van der Waals surface area contributed by atoms with Crippen molar-refractivity contribution in [1.29, 1.82) is 0 Å². The standard InChI is InChI=1S/C19H20ClN3O4S/c1-12-4-5-14(13(20)10-12)21-16(24)11-23-15-6-9-28-17(15)18(25)22(19(23)26)7-3-8-27-2/h4-6,9-10H,3,7-8,11H2,1-2H3,(H,21,24). The molecule has 0 aliphatic rings. The number of hydrogen-bond donors (Lipinski definition) is 1. The van der Waals surface area contributed by atoms with E-state index in [1.54, 1.807) is 30.7 Å². The van der Waals surface area contributed by atoms with Gasteiger partial charge in [0.2, 0.25) is 5.91 Å². The maximum absolute atomic E-state index is 12.9. The third-order valence-electron chi connectivity index (χ3n) is 4.27. The molecule has 0 spiro atoms. The minimum atomic E-state index is -0.517. The maximum Gasteiger partial charge on any atom is 0.332 e. The number of nitrogens with one attached hydrogen (secondary N) is 1. The first-order valence-corrected chi connectivity index (χ1v) is 9.94. The van der Waals surface area contributed by atoms with E-state index in [0.29, 0.717) is 34.0 Å². The Hall–Kier alpha value is -2.42. The van der Waals surface area contributed by atoms with Gasteiger partial charge in [0, 0.05) is 20.3 Å². The Morgan fingerprint density at radius 2 is 2.04 bits per heavy atom. The van der Waals surface area contributed by atoms with Gasteiger partial charge in [0.25, 0.3) is 5.56 Å². The Morgan fingerprint density at radius 3 is 2.75 bits per heavy atom. The lowest BCUT2D eigenvalue weighted by molar-refractivity contribution is -0.116. The fourth-order valence-electron chi connectivity index (χ4n) is 2.91. The lowest BCUT2D eigenvalue weighted by Gasteiger charge is -2.13. The van der Waals surface area contributed by atoms with E-state index in [4.69, 9.17) is 16.3 Å². The first-order valence-electron chi connectivity index (χ1n) is 8.68. The molecule has 0 aliphatic heterocycles. The number of ether oxygens (including phenoxy) is 1. The van der Waals surface area contributed by atoms with E-state index in [1.165, 1.54) is 15.9 Å². The quantitative estimate of drug-likeness (QED) is 0.595. The van der Waals surface area contributed by atoms with E-state index in [0.717, 1.165) is 10.1 Å². The summed E-state index contributed by atoms with van der Waals surface area (Å²) in [5.41, 5.74) is 1.04. The molecule has 0 radical (unpaired) electrons. The highest BCUT2D eigenvalue weighted by molar-refractivity contribution is 7.17. The van der Waals surface area contributed by atoms with Crippen molar-refractivity contribution in [3.05, 3.63) is 61.1 Å². The van der Waals surface area contributed by atoms with Gasteiger partial charge in [-0.2, -0.15) is 0 Å². The van der Waals surface area contributed by atoms with E-state index in [2.05, 4.69) is 5.32 Å². The van der Waals surface area contributed by atoms with Crippen LogP contribution < -0.4 is 16.6 Å². The number of fused-ring (bicyclic) bond motifs is 1. The number of hydrogen-bond acceptors (Lipinski definition) is 5. The minimum absolute atomic E-state index is 0.221. The number of carbonyl (C=O) groups excluding carboxylic acids is 1. The Bertz CT molecular complexity index is 1130. The van der Waals surface area contributed by atoms with Crippen LogP contribution in [0.4, 0.5) is 5.69 Å². The highest BCUT2D eigenvalue weighted by Gasteiger charge is 2.17. The molecule has 3 aromatic rings. The molecule has 28 heavy (non-hydrogen) atoms. The Morgan fingerprint density at radius 1 is 1.25 bits per heavy atom. The van der Waals surface area contributed by atoms with Crippen LogP contribution >= 0.6 is 22.9 Å². The zero-order valence-electron chi connectivity index (χ0n) is 15.5. The van der Waals surface area contributed by atoms with Crippen LogP contribution in [0.3, 0.4) is 0 Å². The second-order valence-corrected chi connectivity index (χ2v) is 7.66. The summed E-state index contributed by atoms with van der Waals surface area (Å²) >= 11 is 7.41. The second kappa shape index (κ2) is 8.72. The van der Waals surface area contributed by atoms with Crippen molar-refractivity contribution in [1.82, 2.24) is 9.13 Å². The van der Waals surface area contributed by atoms with Gasteiger partial charge in [-0.05, 0) is 42.5 Å². The number of benzene rings is 1. The van der Waals surface area contributed by atoms with E-state index in [1.807, 2.05) is 13.0 Å². The largest absolute Gasteiger partial charge is 0.385 e. The van der Waals surface area contributed by atoms with Crippen LogP contribution in [0.5, 0.6) is 0 Å². The van der Waals surface area contributed by atoms with Crippen LogP contribution in [0.2, 0.25) is 5.02 Å². The highest BCUT2D eigenvalue weighted by Crippen LogP contribution is 2.23. The lowest BCUT2D eigenvalue weighted by Crippen LogP contribution is -2.41. The fourth-order valence-corrected chi connectivity index (χ4v) is 4.03. The van der Waals surface area contributed by atoms with Crippen molar-refractivity contribution in [3.8, 4) is 0 Å². The Kier molecular flexibility index (Phi) is 6.33. The minimum Gasteiger partial charge on any atom is -0.385 e. The third-order valence-corrected chi connectivity index (χ3v) is 5.47. The molecule has 0 bridgehead atoms. The molecule has 0 saturated heterocycles. The Labute approximate surface area is 170 Å². The van der Waals surface area contributed by atoms with Gasteiger partial charge in [-0.3, -0.25) is 18.7 Å². The number of thiophene rings is 1. The molecule has 9 heteroatoms. The number of nitrogens with zero attached hydrogens (tertiary/aromatic N) is 2. The summed E-state index contributed by atoms with van der Waals surface area (Å²) in [5.74, 6) is -0.401. The third kappa shape index (κ3) is 4.19. The number of anilines is 1. The van der Waals surface area contributed by atoms with Gasteiger partial charge >= 0.3 is 5.69 Å². The van der Waals surface area contributed by atoms with Crippen LogP contribution in [-0.4, -0.2) is 28.8 Å². The van der Waals surface area contributed by atoms with Crippen LogP contribution in [0, 0.1) is 6.92 Å². The van der Waals surface area contributed by atoms with Crippen LogP contribution in [0.15, 0.2) is 39.2 Å². The number of rotatable bonds is 7. The van der Waals surface area contributed by atoms with Crippen molar-refractivity contribution in [2.24, 2.45) is 0 Å². The van der Waals surface area contributed by atoms with Crippen molar-refractivity contribution >= 4 is 44.7 Å². The summed E-state index contributed by atoms with van der Waals surface area (Å²) < 4.78 is 7.91. The number of aromatic nitrogens is 2. The highest BCUT2D eigenvalue weighted by atomic mass is 35.5. The topological polar surface area (TPSA) is 82.3 Å². The van der Waals surface area contributed by atoms with Gasteiger partial charge in [-0.25, -0.2) is 4.79 Å². The first kappa shape index (κ1) is 20.3. The van der Waals surface area contributed by atoms with Gasteiger partial charge < -0.3 is 10.1 Å². The van der Waals surface area contributed by atoms with Gasteiger partial charge in [-0.15, -0.1) is 11.3 Å². The normalized spacial score (nSPS) is 11.1. The molecule has 0 saturated carbocycles. The number of aryl methyl sites for hydroxylation is 1. The van der Waals surface area contributed by atoms with E-state index in [-0.39, 0.29) is 18.6 Å². The molecule has 1 N–H and O–H groups in total. The van der Waals surface area contributed by atoms with Crippen molar-refractivity contribution < 1.29 is 9.53 Å². The molecular formula is C19H20ClN3O4S. The van der Waals surface area contributed by atoms with Crippen LogP contribution in [0.1, 0.15) is 12.0 Å². The van der Waals surface area contributed by atoms with E-state index in [9.17, 15) is 14.4 Å². The zero-order chi connectivity index (χ0) is 20.3. The number of carbonyl (C=O) groups is 1. The second-order valence-electron chi connectivity index (χ2n) is 6.34. The lowest BCUT2D eigenvalue weighted by atomic mass is 10.2. The molecule has 0 atom stereocenters. The average Bonchev–Trinajstić information content (AvgIpc) is 3.14. The van der Waals surface area contributed by atoms with E-state index >= 15 is 0 Å². The summed E-state index contributed by atoms with van der Waals surface area (Å²) in [6.07, 6.45) is 0.522. The van der Waals surface area contributed by atoms with Crippen LogP contribution in [0.25, 0.3) is 10.2 Å². The summed E-state index contributed by atoms with van der Waals surface area (Å²) in [6.45, 7) is 2.34. The van der Waals surface area contributed by atoms with Gasteiger partial charge in [-0.1, -0.05) is 17.7 Å². The zero-order valence-corrected chi connectivity index (χ0v) is 17.1. The molecule has 0 aliphatic carbocycles. The molecule has 0 fully saturated rings. The molecule has 148 valence electrons. The SMILES string of the molecule is COCCCn1c(=O)c2sccc2n(CC(=O)Nc2ccc(C)cc2Cl)c1=O. The first-order chi connectivity index (χ1) is 13.4. The summed E-state index contributed by atoms with van der Waals surface area (Å²) in [4.78, 5) is 38.1. The molecule has 7 nitrogen and oxygen atoms in total. The van der Waals surface area contributed by atoms with Crippen molar-refractivity contribution in [2.45, 2.75) is 26.4 Å². The Balaban J connectivity index is 1.93.